The summed E-state index contributed by atoms with van der Waals surface area (Å²) in [5.41, 5.74) is 2.73. The van der Waals surface area contributed by atoms with Crippen molar-refractivity contribution in [3.8, 4) is 0 Å². The smallest absolute Gasteiger partial charge is 0.0599 e. The fourth-order valence-electron chi connectivity index (χ4n) is 2.92. The molecule has 1 aliphatic heterocycles. The van der Waals surface area contributed by atoms with Gasteiger partial charge in [0.1, 0.15) is 0 Å². The number of anilines is 1. The highest BCUT2D eigenvalue weighted by Crippen LogP contribution is 2.23. The van der Waals surface area contributed by atoms with E-state index in [2.05, 4.69) is 33.1 Å². The highest BCUT2D eigenvalue weighted by Gasteiger charge is 2.22. The zero-order valence-electron chi connectivity index (χ0n) is 12.5. The molecule has 0 amide bonds. The normalized spacial score (nSPS) is 20.4. The summed E-state index contributed by atoms with van der Waals surface area (Å²) in [6, 6.07) is 2.93. The maximum Gasteiger partial charge on any atom is 0.0599 e. The molecule has 4 heteroatoms. The molecule has 0 unspecified atom stereocenters. The number of hydrogen-bond donors (Lipinski definition) is 1. The van der Waals surface area contributed by atoms with Crippen molar-refractivity contribution < 1.29 is 0 Å². The highest BCUT2D eigenvalue weighted by molar-refractivity contribution is 5.52. The fourth-order valence-corrected chi connectivity index (χ4v) is 2.92. The van der Waals surface area contributed by atoms with Gasteiger partial charge >= 0.3 is 0 Å². The quantitative estimate of drug-likeness (QED) is 0.858. The fraction of sp³-hybridized carbons (Fsp3) is 0.688. The van der Waals surface area contributed by atoms with Gasteiger partial charge in [-0.05, 0) is 37.4 Å². The summed E-state index contributed by atoms with van der Waals surface area (Å²) in [4.78, 5) is 9.40. The molecule has 3 rings (SSSR count). The number of nitrogens with zero attached hydrogens (tertiary/aromatic N) is 3. The topological polar surface area (TPSA) is 31.4 Å². The van der Waals surface area contributed by atoms with Crippen LogP contribution in [0, 0.1) is 0 Å². The SMILES string of the molecule is CCCN1CCN(c2cnccc2CNC2CC2)CC1. The van der Waals surface area contributed by atoms with Gasteiger partial charge in [-0.1, -0.05) is 6.92 Å². The summed E-state index contributed by atoms with van der Waals surface area (Å²) < 4.78 is 0. The molecule has 1 aliphatic carbocycles. The third kappa shape index (κ3) is 3.49. The van der Waals surface area contributed by atoms with Gasteiger partial charge in [0.2, 0.25) is 0 Å². The molecule has 0 spiro atoms. The first-order valence-corrected chi connectivity index (χ1v) is 8.00. The second-order valence-corrected chi connectivity index (χ2v) is 5.99. The lowest BCUT2D eigenvalue weighted by Gasteiger charge is -2.36. The minimum Gasteiger partial charge on any atom is -0.367 e. The van der Waals surface area contributed by atoms with E-state index in [0.717, 1.165) is 25.7 Å². The number of pyridine rings is 1. The van der Waals surface area contributed by atoms with Crippen LogP contribution in [0.2, 0.25) is 0 Å². The second-order valence-electron chi connectivity index (χ2n) is 5.99. The van der Waals surface area contributed by atoms with E-state index < -0.39 is 0 Å². The van der Waals surface area contributed by atoms with Gasteiger partial charge in [0.05, 0.1) is 11.9 Å². The zero-order chi connectivity index (χ0) is 13.8. The van der Waals surface area contributed by atoms with E-state index in [1.54, 1.807) is 0 Å². The van der Waals surface area contributed by atoms with Gasteiger partial charge < -0.3 is 10.2 Å². The monoisotopic (exact) mass is 274 g/mol. The van der Waals surface area contributed by atoms with Crippen LogP contribution in [0.3, 0.4) is 0 Å². The Kier molecular flexibility index (Phi) is 4.53. The average molecular weight is 274 g/mol. The molecule has 1 N–H and O–H groups in total. The first-order chi connectivity index (χ1) is 9.86. The van der Waals surface area contributed by atoms with E-state index in [9.17, 15) is 0 Å². The van der Waals surface area contributed by atoms with Crippen LogP contribution in [-0.4, -0.2) is 48.6 Å². The lowest BCUT2D eigenvalue weighted by molar-refractivity contribution is 0.258. The van der Waals surface area contributed by atoms with Gasteiger partial charge in [-0.15, -0.1) is 0 Å². The van der Waals surface area contributed by atoms with Crippen molar-refractivity contribution in [3.05, 3.63) is 24.0 Å². The van der Waals surface area contributed by atoms with Crippen LogP contribution in [0.1, 0.15) is 31.7 Å². The summed E-state index contributed by atoms with van der Waals surface area (Å²) in [7, 11) is 0. The molecule has 1 saturated heterocycles. The lowest BCUT2D eigenvalue weighted by atomic mass is 10.1. The molecule has 20 heavy (non-hydrogen) atoms. The van der Waals surface area contributed by atoms with E-state index in [0.29, 0.717) is 0 Å². The van der Waals surface area contributed by atoms with Crippen molar-refractivity contribution in [2.24, 2.45) is 0 Å². The number of piperazine rings is 1. The first-order valence-electron chi connectivity index (χ1n) is 8.00. The van der Waals surface area contributed by atoms with Gasteiger partial charge in [-0.25, -0.2) is 0 Å². The molecule has 2 fully saturated rings. The summed E-state index contributed by atoms with van der Waals surface area (Å²) in [6.07, 6.45) is 7.90. The molecule has 0 radical (unpaired) electrons. The van der Waals surface area contributed by atoms with Crippen molar-refractivity contribution in [1.29, 1.82) is 0 Å². The maximum absolute atomic E-state index is 4.34. The Bertz CT molecular complexity index is 422. The molecular formula is C16H26N4. The van der Waals surface area contributed by atoms with E-state index in [1.807, 2.05) is 12.4 Å². The number of aromatic nitrogens is 1. The number of hydrogen-bond acceptors (Lipinski definition) is 4. The van der Waals surface area contributed by atoms with Crippen LogP contribution in [-0.2, 0) is 6.54 Å². The van der Waals surface area contributed by atoms with E-state index in [-0.39, 0.29) is 0 Å². The molecule has 0 aromatic carbocycles. The maximum atomic E-state index is 4.34. The van der Waals surface area contributed by atoms with Crippen molar-refractivity contribution in [2.45, 2.75) is 38.8 Å². The minimum absolute atomic E-state index is 0.761. The molecule has 2 heterocycles. The third-order valence-corrected chi connectivity index (χ3v) is 4.30. The molecule has 2 aliphatic rings. The Hall–Kier alpha value is -1.13. The molecule has 1 aromatic rings. The predicted octanol–water partition coefficient (Wildman–Crippen LogP) is 1.87. The van der Waals surface area contributed by atoms with Gasteiger partial charge in [0, 0.05) is 45.0 Å². The molecule has 4 nitrogen and oxygen atoms in total. The number of nitrogens with one attached hydrogen (secondary N) is 1. The van der Waals surface area contributed by atoms with Crippen molar-refractivity contribution in [2.75, 3.05) is 37.6 Å². The Morgan fingerprint density at radius 1 is 1.25 bits per heavy atom. The average Bonchev–Trinajstić information content (AvgIpc) is 3.31. The van der Waals surface area contributed by atoms with Crippen LogP contribution in [0.5, 0.6) is 0 Å². The zero-order valence-corrected chi connectivity index (χ0v) is 12.5. The largest absolute Gasteiger partial charge is 0.367 e. The molecule has 0 bridgehead atoms. The standard InChI is InChI=1S/C16H26N4/c1-2-7-19-8-10-20(11-9-19)16-13-17-6-5-14(16)12-18-15-3-4-15/h5-6,13,15,18H,2-4,7-12H2,1H3. The molecule has 1 saturated carbocycles. The Morgan fingerprint density at radius 2 is 2.05 bits per heavy atom. The minimum atomic E-state index is 0.761. The molecule has 1 aromatic heterocycles. The van der Waals surface area contributed by atoms with Crippen molar-refractivity contribution >= 4 is 5.69 Å². The van der Waals surface area contributed by atoms with Crippen molar-refractivity contribution in [1.82, 2.24) is 15.2 Å². The Morgan fingerprint density at radius 3 is 2.75 bits per heavy atom. The van der Waals surface area contributed by atoms with Crippen LogP contribution in [0.4, 0.5) is 5.69 Å². The van der Waals surface area contributed by atoms with Gasteiger partial charge in [0.15, 0.2) is 0 Å². The van der Waals surface area contributed by atoms with Crippen LogP contribution < -0.4 is 10.2 Å². The lowest BCUT2D eigenvalue weighted by Crippen LogP contribution is -2.47. The van der Waals surface area contributed by atoms with Crippen LogP contribution in [0.25, 0.3) is 0 Å². The van der Waals surface area contributed by atoms with E-state index in [4.69, 9.17) is 0 Å². The molecular weight excluding hydrogens is 248 g/mol. The first kappa shape index (κ1) is 13.8. The third-order valence-electron chi connectivity index (χ3n) is 4.30. The van der Waals surface area contributed by atoms with E-state index in [1.165, 1.54) is 50.1 Å². The van der Waals surface area contributed by atoms with Gasteiger partial charge in [-0.2, -0.15) is 0 Å². The summed E-state index contributed by atoms with van der Waals surface area (Å²) in [5.74, 6) is 0. The second kappa shape index (κ2) is 6.55. The van der Waals surface area contributed by atoms with E-state index >= 15 is 0 Å². The van der Waals surface area contributed by atoms with Gasteiger partial charge in [-0.3, -0.25) is 9.88 Å². The highest BCUT2D eigenvalue weighted by atomic mass is 15.3. The summed E-state index contributed by atoms with van der Waals surface area (Å²) >= 11 is 0. The van der Waals surface area contributed by atoms with Gasteiger partial charge in [0.25, 0.3) is 0 Å². The van der Waals surface area contributed by atoms with Crippen molar-refractivity contribution in [3.63, 3.8) is 0 Å². The molecule has 0 atom stereocenters. The summed E-state index contributed by atoms with van der Waals surface area (Å²) in [6.45, 7) is 9.09. The number of rotatable bonds is 6. The van der Waals surface area contributed by atoms with Crippen LogP contribution in [0.15, 0.2) is 18.5 Å². The Balaban J connectivity index is 1.61. The molecule has 110 valence electrons. The predicted molar refractivity (Wildman–Crippen MR) is 83.0 cm³/mol. The summed E-state index contributed by atoms with van der Waals surface area (Å²) in [5, 5.41) is 3.62. The van der Waals surface area contributed by atoms with Crippen LogP contribution >= 0.6 is 0 Å². The Labute approximate surface area is 122 Å².